The molecular formula is C12H23N3. The number of allylic oxidation sites excluding steroid dienone is 2. The highest BCUT2D eigenvalue weighted by Gasteiger charge is 2.20. The molecule has 1 atom stereocenters. The lowest BCUT2D eigenvalue weighted by Crippen LogP contribution is -2.37. The Morgan fingerprint density at radius 2 is 2.20 bits per heavy atom. The molecule has 0 aromatic heterocycles. The van der Waals surface area contributed by atoms with Gasteiger partial charge in [-0.05, 0) is 44.5 Å². The van der Waals surface area contributed by atoms with Crippen molar-refractivity contribution >= 4 is 0 Å². The Balaban J connectivity index is 1.88. The first-order valence-electron chi connectivity index (χ1n) is 5.80. The van der Waals surface area contributed by atoms with Gasteiger partial charge in [0.2, 0.25) is 0 Å². The SMILES string of the molecule is CC(CNC/C=C\C=C/N)NCC1CC1. The van der Waals surface area contributed by atoms with E-state index < -0.39 is 0 Å². The molecule has 1 saturated carbocycles. The van der Waals surface area contributed by atoms with Gasteiger partial charge in [0.15, 0.2) is 0 Å². The maximum atomic E-state index is 5.20. The number of hydrogen-bond donors (Lipinski definition) is 3. The topological polar surface area (TPSA) is 50.1 Å². The largest absolute Gasteiger partial charge is 0.405 e. The van der Waals surface area contributed by atoms with Crippen LogP contribution < -0.4 is 16.4 Å². The molecule has 15 heavy (non-hydrogen) atoms. The standard InChI is InChI=1S/C12H23N3/c1-11(15-10-12-5-6-12)9-14-8-4-2-3-7-13/h2-4,7,11-12,14-15H,5-6,8-10,13H2,1H3/b4-2-,7-3-. The number of rotatable bonds is 8. The average molecular weight is 209 g/mol. The number of hydrogen-bond acceptors (Lipinski definition) is 3. The van der Waals surface area contributed by atoms with Gasteiger partial charge in [-0.1, -0.05) is 12.2 Å². The molecule has 0 aliphatic heterocycles. The summed E-state index contributed by atoms with van der Waals surface area (Å²) < 4.78 is 0. The van der Waals surface area contributed by atoms with Gasteiger partial charge >= 0.3 is 0 Å². The van der Waals surface area contributed by atoms with Crippen LogP contribution >= 0.6 is 0 Å². The fraction of sp³-hybridized carbons (Fsp3) is 0.667. The van der Waals surface area contributed by atoms with Crippen molar-refractivity contribution < 1.29 is 0 Å². The van der Waals surface area contributed by atoms with Crippen molar-refractivity contribution in [1.82, 2.24) is 10.6 Å². The molecule has 0 heterocycles. The van der Waals surface area contributed by atoms with Crippen molar-refractivity contribution in [3.05, 3.63) is 24.4 Å². The Kier molecular flexibility index (Phi) is 6.12. The second-order valence-corrected chi connectivity index (χ2v) is 4.22. The molecule has 0 saturated heterocycles. The molecule has 1 aliphatic rings. The van der Waals surface area contributed by atoms with Gasteiger partial charge in [0.1, 0.15) is 0 Å². The molecular weight excluding hydrogens is 186 g/mol. The van der Waals surface area contributed by atoms with E-state index in [0.29, 0.717) is 6.04 Å². The monoisotopic (exact) mass is 209 g/mol. The lowest BCUT2D eigenvalue weighted by molar-refractivity contribution is 0.500. The second kappa shape index (κ2) is 7.49. The van der Waals surface area contributed by atoms with Crippen molar-refractivity contribution in [2.24, 2.45) is 11.7 Å². The fourth-order valence-electron chi connectivity index (χ4n) is 1.36. The van der Waals surface area contributed by atoms with Crippen LogP contribution in [-0.2, 0) is 0 Å². The summed E-state index contributed by atoms with van der Waals surface area (Å²) in [5.74, 6) is 0.960. The molecule has 0 radical (unpaired) electrons. The zero-order valence-electron chi connectivity index (χ0n) is 9.58. The molecule has 0 amide bonds. The highest BCUT2D eigenvalue weighted by Crippen LogP contribution is 2.27. The predicted molar refractivity (Wildman–Crippen MR) is 65.5 cm³/mol. The van der Waals surface area contributed by atoms with Gasteiger partial charge in [0.05, 0.1) is 0 Å². The Hall–Kier alpha value is -0.800. The van der Waals surface area contributed by atoms with Gasteiger partial charge in [-0.3, -0.25) is 0 Å². The lowest BCUT2D eigenvalue weighted by Gasteiger charge is -2.13. The molecule has 0 bridgehead atoms. The summed E-state index contributed by atoms with van der Waals surface area (Å²) in [6, 6.07) is 0.559. The number of nitrogens with one attached hydrogen (secondary N) is 2. The molecule has 3 nitrogen and oxygen atoms in total. The zero-order chi connectivity index (χ0) is 10.9. The molecule has 1 unspecified atom stereocenters. The van der Waals surface area contributed by atoms with Crippen molar-refractivity contribution in [3.63, 3.8) is 0 Å². The van der Waals surface area contributed by atoms with Crippen molar-refractivity contribution in [3.8, 4) is 0 Å². The molecule has 4 N–H and O–H groups in total. The third kappa shape index (κ3) is 7.17. The minimum Gasteiger partial charge on any atom is -0.405 e. The average Bonchev–Trinajstić information content (AvgIpc) is 3.04. The van der Waals surface area contributed by atoms with Crippen LogP contribution in [0.5, 0.6) is 0 Å². The van der Waals surface area contributed by atoms with Gasteiger partial charge in [-0.25, -0.2) is 0 Å². The molecule has 86 valence electrons. The second-order valence-electron chi connectivity index (χ2n) is 4.22. The predicted octanol–water partition coefficient (Wildman–Crippen LogP) is 0.993. The summed E-state index contributed by atoms with van der Waals surface area (Å²) in [5, 5.41) is 6.89. The van der Waals surface area contributed by atoms with E-state index in [4.69, 9.17) is 5.73 Å². The summed E-state index contributed by atoms with van der Waals surface area (Å²) in [6.07, 6.45) is 10.2. The van der Waals surface area contributed by atoms with Gasteiger partial charge < -0.3 is 16.4 Å². The maximum absolute atomic E-state index is 5.20. The van der Waals surface area contributed by atoms with Crippen LogP contribution in [0, 0.1) is 5.92 Å². The first kappa shape index (κ1) is 12.3. The van der Waals surface area contributed by atoms with Gasteiger partial charge in [0, 0.05) is 19.1 Å². The van der Waals surface area contributed by atoms with E-state index in [9.17, 15) is 0 Å². The van der Waals surface area contributed by atoms with E-state index in [-0.39, 0.29) is 0 Å². The molecule has 3 heteroatoms. The van der Waals surface area contributed by atoms with Crippen LogP contribution in [0.3, 0.4) is 0 Å². The van der Waals surface area contributed by atoms with Gasteiger partial charge in [-0.2, -0.15) is 0 Å². The molecule has 1 rings (SSSR count). The van der Waals surface area contributed by atoms with Gasteiger partial charge in [0.25, 0.3) is 0 Å². The minimum absolute atomic E-state index is 0.559. The zero-order valence-corrected chi connectivity index (χ0v) is 9.58. The third-order valence-electron chi connectivity index (χ3n) is 2.52. The van der Waals surface area contributed by atoms with E-state index in [1.165, 1.54) is 25.6 Å². The van der Waals surface area contributed by atoms with Crippen molar-refractivity contribution in [1.29, 1.82) is 0 Å². The number of nitrogens with two attached hydrogens (primary N) is 1. The fourth-order valence-corrected chi connectivity index (χ4v) is 1.36. The van der Waals surface area contributed by atoms with Crippen molar-refractivity contribution in [2.75, 3.05) is 19.6 Å². The van der Waals surface area contributed by atoms with E-state index in [1.54, 1.807) is 0 Å². The minimum atomic E-state index is 0.559. The summed E-state index contributed by atoms with van der Waals surface area (Å²) in [6.45, 7) is 5.33. The highest BCUT2D eigenvalue weighted by atomic mass is 15.0. The van der Waals surface area contributed by atoms with Crippen LogP contribution in [0.4, 0.5) is 0 Å². The summed E-state index contributed by atoms with van der Waals surface area (Å²) in [7, 11) is 0. The van der Waals surface area contributed by atoms with Crippen LogP contribution in [-0.4, -0.2) is 25.7 Å². The molecule has 0 aromatic carbocycles. The van der Waals surface area contributed by atoms with Crippen LogP contribution in [0.2, 0.25) is 0 Å². The highest BCUT2D eigenvalue weighted by molar-refractivity contribution is 5.01. The summed E-state index contributed by atoms with van der Waals surface area (Å²) in [5.41, 5.74) is 5.20. The van der Waals surface area contributed by atoms with Crippen LogP contribution in [0.25, 0.3) is 0 Å². The van der Waals surface area contributed by atoms with E-state index in [1.807, 2.05) is 12.2 Å². The van der Waals surface area contributed by atoms with Gasteiger partial charge in [-0.15, -0.1) is 0 Å². The van der Waals surface area contributed by atoms with E-state index in [0.717, 1.165) is 19.0 Å². The maximum Gasteiger partial charge on any atom is 0.0164 e. The Morgan fingerprint density at radius 3 is 2.87 bits per heavy atom. The molecule has 1 aliphatic carbocycles. The molecule has 0 spiro atoms. The lowest BCUT2D eigenvalue weighted by atomic mass is 10.3. The summed E-state index contributed by atoms with van der Waals surface area (Å²) >= 11 is 0. The third-order valence-corrected chi connectivity index (χ3v) is 2.52. The molecule has 1 fully saturated rings. The van der Waals surface area contributed by atoms with E-state index >= 15 is 0 Å². The Labute approximate surface area is 92.8 Å². The van der Waals surface area contributed by atoms with Crippen LogP contribution in [0.15, 0.2) is 24.4 Å². The normalized spacial score (nSPS) is 19.0. The Morgan fingerprint density at radius 1 is 1.40 bits per heavy atom. The van der Waals surface area contributed by atoms with Crippen LogP contribution in [0.1, 0.15) is 19.8 Å². The smallest absolute Gasteiger partial charge is 0.0164 e. The Bertz CT molecular complexity index is 207. The first-order valence-corrected chi connectivity index (χ1v) is 5.80. The summed E-state index contributed by atoms with van der Waals surface area (Å²) in [4.78, 5) is 0. The van der Waals surface area contributed by atoms with Crippen molar-refractivity contribution in [2.45, 2.75) is 25.8 Å². The quantitative estimate of drug-likeness (QED) is 0.413. The first-order chi connectivity index (χ1) is 7.33. The molecule has 0 aromatic rings. The van der Waals surface area contributed by atoms with E-state index in [2.05, 4.69) is 23.6 Å².